The van der Waals surface area contributed by atoms with E-state index in [1.54, 1.807) is 42.5 Å². The fourth-order valence-electron chi connectivity index (χ4n) is 2.45. The first-order valence-corrected chi connectivity index (χ1v) is 7.84. The van der Waals surface area contributed by atoms with Crippen molar-refractivity contribution in [3.05, 3.63) is 65.2 Å². The quantitative estimate of drug-likeness (QED) is 0.363. The molecule has 0 unspecified atom stereocenters. The van der Waals surface area contributed by atoms with E-state index in [2.05, 4.69) is 20.8 Å². The maximum absolute atomic E-state index is 11.9. The summed E-state index contributed by atoms with van der Waals surface area (Å²) in [4.78, 5) is 11.9. The van der Waals surface area contributed by atoms with Crippen LogP contribution in [0.5, 0.6) is 5.75 Å². The number of hydrogen-bond donors (Lipinski definition) is 6. The molecule has 0 aliphatic heterocycles. The molecule has 0 spiro atoms. The molecule has 7 N–H and O–H groups in total. The maximum Gasteiger partial charge on any atom is 0.256 e. The molecule has 0 saturated heterocycles. The van der Waals surface area contributed by atoms with Crippen LogP contribution in [-0.4, -0.2) is 27.4 Å². The second kappa shape index (κ2) is 7.39. The monoisotopic (exact) mass is 350 g/mol. The number of aromatic amines is 1. The molecule has 8 heteroatoms. The van der Waals surface area contributed by atoms with Crippen LogP contribution in [0.4, 0.5) is 17.3 Å². The average molecular weight is 350 g/mol. The van der Waals surface area contributed by atoms with Crippen LogP contribution >= 0.6 is 0 Å². The van der Waals surface area contributed by atoms with E-state index in [-0.39, 0.29) is 11.3 Å². The van der Waals surface area contributed by atoms with Crippen molar-refractivity contribution < 1.29 is 9.90 Å². The number of carbonyl (C=O) groups excluding carboxylic acids is 1. The Hall–Kier alpha value is -3.81. The lowest BCUT2D eigenvalue weighted by Gasteiger charge is -2.08. The number of phenols is 1. The first-order chi connectivity index (χ1) is 12.6. The van der Waals surface area contributed by atoms with Gasteiger partial charge < -0.3 is 26.9 Å². The molecular formula is C18H18N6O2. The number of rotatable bonds is 7. The van der Waals surface area contributed by atoms with Gasteiger partial charge in [-0.15, -0.1) is 0 Å². The first kappa shape index (κ1) is 17.0. The molecule has 1 heterocycles. The highest BCUT2D eigenvalue weighted by atomic mass is 16.3. The van der Waals surface area contributed by atoms with Gasteiger partial charge in [0.25, 0.3) is 5.91 Å². The summed E-state index contributed by atoms with van der Waals surface area (Å²) in [6, 6.07) is 13.9. The maximum atomic E-state index is 11.9. The normalized spacial score (nSPS) is 10.3. The van der Waals surface area contributed by atoms with Crippen LogP contribution < -0.4 is 16.4 Å². The van der Waals surface area contributed by atoms with Gasteiger partial charge in [0, 0.05) is 18.4 Å². The Balaban J connectivity index is 1.80. The minimum absolute atomic E-state index is 0.185. The Morgan fingerprint density at radius 3 is 2.73 bits per heavy atom. The van der Waals surface area contributed by atoms with Crippen molar-refractivity contribution in [3.63, 3.8) is 0 Å². The molecule has 0 radical (unpaired) electrons. The van der Waals surface area contributed by atoms with E-state index in [9.17, 15) is 9.90 Å². The van der Waals surface area contributed by atoms with Crippen molar-refractivity contribution in [2.75, 3.05) is 10.6 Å². The Labute approximate surface area is 149 Å². The van der Waals surface area contributed by atoms with E-state index in [4.69, 9.17) is 11.1 Å². The van der Waals surface area contributed by atoms with E-state index in [1.165, 1.54) is 6.21 Å². The van der Waals surface area contributed by atoms with Crippen molar-refractivity contribution in [1.29, 1.82) is 5.41 Å². The van der Waals surface area contributed by atoms with Gasteiger partial charge in [0.2, 0.25) is 0 Å². The van der Waals surface area contributed by atoms with Crippen LogP contribution in [-0.2, 0) is 6.54 Å². The second-order valence-electron chi connectivity index (χ2n) is 5.60. The fraction of sp³-hybridized carbons (Fsp3) is 0.0556. The predicted octanol–water partition coefficient (Wildman–Crippen LogP) is 2.57. The molecule has 3 rings (SSSR count). The van der Waals surface area contributed by atoms with Crippen molar-refractivity contribution in [2.24, 2.45) is 5.73 Å². The van der Waals surface area contributed by atoms with Crippen LogP contribution in [0.15, 0.2) is 48.5 Å². The number of aromatic hydroxyl groups is 1. The highest BCUT2D eigenvalue weighted by Crippen LogP contribution is 2.25. The fourth-order valence-corrected chi connectivity index (χ4v) is 2.45. The molecule has 1 amide bonds. The summed E-state index contributed by atoms with van der Waals surface area (Å²) < 4.78 is 0. The summed E-state index contributed by atoms with van der Waals surface area (Å²) in [7, 11) is 0. The molecule has 2 aromatic carbocycles. The number of benzene rings is 2. The van der Waals surface area contributed by atoms with E-state index in [0.717, 1.165) is 11.1 Å². The number of phenolic OH excluding ortho intramolecular Hbond substituents is 1. The number of carbonyl (C=O) groups is 1. The number of anilines is 3. The molecule has 0 aliphatic rings. The lowest BCUT2D eigenvalue weighted by Crippen LogP contribution is -2.15. The van der Waals surface area contributed by atoms with Crippen LogP contribution in [0.3, 0.4) is 0 Å². The number of amides is 1. The number of hydrogen-bond acceptors (Lipinski definition) is 6. The molecule has 1 aromatic heterocycles. The van der Waals surface area contributed by atoms with E-state index >= 15 is 0 Å². The van der Waals surface area contributed by atoms with E-state index in [0.29, 0.717) is 23.9 Å². The minimum atomic E-state index is -0.627. The average Bonchev–Trinajstić information content (AvgIpc) is 3.04. The predicted molar refractivity (Wildman–Crippen MR) is 100 cm³/mol. The standard InChI is InChI=1S/C18H18N6O2/c19-9-12-2-1-3-13(8-12)22-18-15(16(20)26)17(23-24-18)21-10-11-4-6-14(25)7-5-11/h1-9,19,25H,10H2,(H2,20,26)(H3,21,22,23,24). The molecule has 0 atom stereocenters. The summed E-state index contributed by atoms with van der Waals surface area (Å²) >= 11 is 0. The van der Waals surface area contributed by atoms with Crippen molar-refractivity contribution in [1.82, 2.24) is 10.2 Å². The van der Waals surface area contributed by atoms with Gasteiger partial charge in [0.15, 0.2) is 5.82 Å². The molecular weight excluding hydrogens is 332 g/mol. The third-order valence-electron chi connectivity index (χ3n) is 3.73. The highest BCUT2D eigenvalue weighted by Gasteiger charge is 2.18. The molecule has 0 aliphatic carbocycles. The van der Waals surface area contributed by atoms with Crippen LogP contribution in [0.2, 0.25) is 0 Å². The molecule has 0 bridgehead atoms. The van der Waals surface area contributed by atoms with Crippen LogP contribution in [0, 0.1) is 5.41 Å². The number of nitrogens with zero attached hydrogens (tertiary/aromatic N) is 1. The third kappa shape index (κ3) is 3.81. The van der Waals surface area contributed by atoms with Gasteiger partial charge >= 0.3 is 0 Å². The number of primary amides is 1. The van der Waals surface area contributed by atoms with Gasteiger partial charge in [-0.25, -0.2) is 0 Å². The topological polar surface area (TPSA) is 140 Å². The van der Waals surface area contributed by atoms with Gasteiger partial charge in [-0.1, -0.05) is 24.3 Å². The van der Waals surface area contributed by atoms with E-state index < -0.39 is 5.91 Å². The molecule has 8 nitrogen and oxygen atoms in total. The van der Waals surface area contributed by atoms with Crippen molar-refractivity contribution in [2.45, 2.75) is 6.54 Å². The lowest BCUT2D eigenvalue weighted by molar-refractivity contribution is 0.100. The van der Waals surface area contributed by atoms with Gasteiger partial charge in [0.05, 0.1) is 0 Å². The lowest BCUT2D eigenvalue weighted by atomic mass is 10.2. The Morgan fingerprint density at radius 2 is 2.04 bits per heavy atom. The van der Waals surface area contributed by atoms with Gasteiger partial charge in [-0.2, -0.15) is 5.10 Å². The summed E-state index contributed by atoms with van der Waals surface area (Å²) in [5.74, 6) is 0.256. The largest absolute Gasteiger partial charge is 0.508 e. The molecule has 0 fully saturated rings. The smallest absolute Gasteiger partial charge is 0.256 e. The van der Waals surface area contributed by atoms with Gasteiger partial charge in [-0.3, -0.25) is 9.89 Å². The van der Waals surface area contributed by atoms with Crippen molar-refractivity contribution >= 4 is 29.4 Å². The van der Waals surface area contributed by atoms with Crippen molar-refractivity contribution in [3.8, 4) is 5.75 Å². The van der Waals surface area contributed by atoms with E-state index in [1.807, 2.05) is 6.07 Å². The van der Waals surface area contributed by atoms with Gasteiger partial charge in [0.1, 0.15) is 17.1 Å². The zero-order valence-electron chi connectivity index (χ0n) is 13.8. The molecule has 132 valence electrons. The molecule has 26 heavy (non-hydrogen) atoms. The summed E-state index contributed by atoms with van der Waals surface area (Å²) in [6.45, 7) is 0.411. The summed E-state index contributed by atoms with van der Waals surface area (Å²) in [5.41, 5.74) is 8.05. The Bertz CT molecular complexity index is 933. The third-order valence-corrected chi connectivity index (χ3v) is 3.73. The zero-order valence-corrected chi connectivity index (χ0v) is 13.8. The number of aromatic nitrogens is 2. The number of nitrogens with two attached hydrogens (primary N) is 1. The second-order valence-corrected chi connectivity index (χ2v) is 5.60. The Kier molecular flexibility index (Phi) is 4.84. The number of H-pyrrole nitrogens is 1. The summed E-state index contributed by atoms with van der Waals surface area (Å²) in [6.07, 6.45) is 1.23. The molecule has 0 saturated carbocycles. The Morgan fingerprint density at radius 1 is 1.27 bits per heavy atom. The number of nitrogens with one attached hydrogen (secondary N) is 4. The SMILES string of the molecule is N=Cc1cccc(Nc2[nH]nc(NCc3ccc(O)cc3)c2C(N)=O)c1. The van der Waals surface area contributed by atoms with Crippen LogP contribution in [0.25, 0.3) is 0 Å². The molecule has 3 aromatic rings. The zero-order chi connectivity index (χ0) is 18.5. The highest BCUT2D eigenvalue weighted by molar-refractivity contribution is 6.03. The minimum Gasteiger partial charge on any atom is -0.508 e. The first-order valence-electron chi connectivity index (χ1n) is 7.84. The summed E-state index contributed by atoms with van der Waals surface area (Å²) in [5, 5.41) is 29.6. The van der Waals surface area contributed by atoms with Crippen LogP contribution in [0.1, 0.15) is 21.5 Å². The van der Waals surface area contributed by atoms with Gasteiger partial charge in [-0.05, 0) is 35.4 Å².